The number of rotatable bonds is 11. The van der Waals surface area contributed by atoms with E-state index in [1.54, 1.807) is 0 Å². The third-order valence-electron chi connectivity index (χ3n) is 10.5. The van der Waals surface area contributed by atoms with Crippen LogP contribution in [0.4, 0.5) is 4.39 Å². The van der Waals surface area contributed by atoms with E-state index in [4.69, 9.17) is 4.74 Å². The predicted octanol–water partition coefficient (Wildman–Crippen LogP) is 6.30. The number of carbonyl (C=O) groups excluding carboxylic acids is 2. The highest BCUT2D eigenvalue weighted by Gasteiger charge is 2.27. The van der Waals surface area contributed by atoms with Crippen LogP contribution in [-0.4, -0.2) is 75.3 Å². The molecule has 3 aliphatic rings. The Morgan fingerprint density at radius 3 is 2.37 bits per heavy atom. The van der Waals surface area contributed by atoms with Gasteiger partial charge >= 0.3 is 0 Å². The molecule has 11 heteroatoms. The van der Waals surface area contributed by atoms with Crippen LogP contribution in [0.15, 0.2) is 66.9 Å². The first-order valence-electron chi connectivity index (χ1n) is 19.0. The van der Waals surface area contributed by atoms with Gasteiger partial charge in [0.2, 0.25) is 5.88 Å². The average molecular weight is 708 g/mol. The molecule has 274 valence electrons. The lowest BCUT2D eigenvalue weighted by Crippen LogP contribution is -2.54. The first-order chi connectivity index (χ1) is 25.3. The topological polar surface area (TPSA) is 113 Å². The Labute approximate surface area is 305 Å². The molecule has 10 nitrogen and oxygen atoms in total. The first kappa shape index (κ1) is 35.8. The van der Waals surface area contributed by atoms with E-state index in [0.29, 0.717) is 36.4 Å². The van der Waals surface area contributed by atoms with Gasteiger partial charge in [0.05, 0.1) is 6.20 Å². The van der Waals surface area contributed by atoms with Gasteiger partial charge in [-0.1, -0.05) is 36.4 Å². The van der Waals surface area contributed by atoms with Gasteiger partial charge in [-0.15, -0.1) is 0 Å². The highest BCUT2D eigenvalue weighted by Crippen LogP contribution is 2.30. The fraction of sp³-hybridized carbons (Fsp3) is 0.463. The molecule has 1 unspecified atom stereocenters. The smallest absolute Gasteiger partial charge is 0.272 e. The van der Waals surface area contributed by atoms with Gasteiger partial charge in [-0.3, -0.25) is 14.3 Å². The summed E-state index contributed by atoms with van der Waals surface area (Å²) in [7, 11) is 0. The zero-order valence-electron chi connectivity index (χ0n) is 30.2. The van der Waals surface area contributed by atoms with Crippen LogP contribution in [0.5, 0.6) is 11.6 Å². The number of hydrogen-bond acceptors (Lipinski definition) is 7. The van der Waals surface area contributed by atoms with Gasteiger partial charge in [0.25, 0.3) is 11.8 Å². The Bertz CT molecular complexity index is 1840. The van der Waals surface area contributed by atoms with Gasteiger partial charge in [-0.05, 0) is 119 Å². The Kier molecular flexibility index (Phi) is 11.3. The summed E-state index contributed by atoms with van der Waals surface area (Å²) in [5, 5.41) is 14.3. The molecule has 3 N–H and O–H groups in total. The molecule has 4 heterocycles. The molecule has 2 fully saturated rings. The van der Waals surface area contributed by atoms with Crippen LogP contribution in [0.2, 0.25) is 0 Å². The monoisotopic (exact) mass is 707 g/mol. The number of nitrogens with zero attached hydrogens (tertiary/aromatic N) is 4. The Morgan fingerprint density at radius 1 is 0.904 bits per heavy atom. The SMILES string of the molecule is CC1CN(CCCc2cccc(-c3cccc(Oc4ncc(F)cc4C(=O)NC4CCC(NC(=O)c5cc6n(n5)CCCC6)CC4)c3)c2)C[C@H](C)N1. The van der Waals surface area contributed by atoms with Gasteiger partial charge in [0.15, 0.2) is 0 Å². The first-order valence-corrected chi connectivity index (χ1v) is 19.0. The number of ether oxygens (including phenoxy) is 1. The number of carbonyl (C=O) groups is 2. The van der Waals surface area contributed by atoms with Gasteiger partial charge in [-0.2, -0.15) is 5.10 Å². The second-order valence-corrected chi connectivity index (χ2v) is 14.9. The van der Waals surface area contributed by atoms with E-state index in [0.717, 1.165) is 94.1 Å². The number of fused-ring (bicyclic) bond motifs is 1. The summed E-state index contributed by atoms with van der Waals surface area (Å²) < 4.78 is 22.5. The molecule has 2 amide bonds. The van der Waals surface area contributed by atoms with Crippen LogP contribution in [0.3, 0.4) is 0 Å². The number of aryl methyl sites for hydroxylation is 3. The molecule has 4 aromatic rings. The van der Waals surface area contributed by atoms with E-state index in [1.807, 2.05) is 35.0 Å². The van der Waals surface area contributed by atoms with E-state index in [2.05, 4.69) is 69.0 Å². The Hall–Kier alpha value is -4.61. The maximum atomic E-state index is 14.4. The summed E-state index contributed by atoms with van der Waals surface area (Å²) in [6.45, 7) is 8.60. The molecule has 52 heavy (non-hydrogen) atoms. The lowest BCUT2D eigenvalue weighted by atomic mass is 9.91. The number of aromatic nitrogens is 3. The van der Waals surface area contributed by atoms with Crippen LogP contribution in [-0.2, 0) is 19.4 Å². The largest absolute Gasteiger partial charge is 0.438 e. The van der Waals surface area contributed by atoms with Crippen LogP contribution in [0.1, 0.15) is 90.9 Å². The molecule has 1 saturated heterocycles. The van der Waals surface area contributed by atoms with Gasteiger partial charge in [-0.25, -0.2) is 9.37 Å². The molecule has 0 radical (unpaired) electrons. The maximum Gasteiger partial charge on any atom is 0.272 e. The quantitative estimate of drug-likeness (QED) is 0.168. The van der Waals surface area contributed by atoms with Crippen molar-refractivity contribution in [2.75, 3.05) is 19.6 Å². The van der Waals surface area contributed by atoms with Gasteiger partial charge < -0.3 is 25.6 Å². The van der Waals surface area contributed by atoms with Crippen molar-refractivity contribution in [3.63, 3.8) is 0 Å². The van der Waals surface area contributed by atoms with Crippen LogP contribution < -0.4 is 20.7 Å². The van der Waals surface area contributed by atoms with E-state index >= 15 is 0 Å². The Balaban J connectivity index is 0.935. The highest BCUT2D eigenvalue weighted by atomic mass is 19.1. The molecule has 2 atom stereocenters. The number of pyridine rings is 1. The fourth-order valence-electron chi connectivity index (χ4n) is 7.99. The molecular weight excluding hydrogens is 657 g/mol. The predicted molar refractivity (Wildman–Crippen MR) is 199 cm³/mol. The summed E-state index contributed by atoms with van der Waals surface area (Å²) in [5.74, 6) is -0.648. The molecule has 1 saturated carbocycles. The molecule has 2 aliphatic heterocycles. The zero-order valence-corrected chi connectivity index (χ0v) is 30.2. The van der Waals surface area contributed by atoms with Crippen molar-refractivity contribution >= 4 is 11.8 Å². The lowest BCUT2D eigenvalue weighted by molar-refractivity contribution is 0.0887. The molecular formula is C41H50FN7O3. The molecule has 2 aromatic heterocycles. The van der Waals surface area contributed by atoms with E-state index in [9.17, 15) is 14.0 Å². The third kappa shape index (κ3) is 9.05. The van der Waals surface area contributed by atoms with E-state index < -0.39 is 11.7 Å². The summed E-state index contributed by atoms with van der Waals surface area (Å²) in [6, 6.07) is 20.2. The van der Waals surface area contributed by atoms with Crippen molar-refractivity contribution in [2.45, 2.75) is 102 Å². The van der Waals surface area contributed by atoms with Crippen LogP contribution in [0, 0.1) is 5.82 Å². The zero-order chi connectivity index (χ0) is 36.0. The third-order valence-corrected chi connectivity index (χ3v) is 10.5. The number of piperazine rings is 1. The minimum absolute atomic E-state index is 0.00671. The standard InChI is InChI=1S/C41H50FN7O3/c1-27-25-48(26-28(2)44-27)18-7-9-29-8-5-10-30(20-29)31-11-6-13-36(21-31)52-41-37(22-32(42)24-43-41)39(50)45-33-14-16-34(17-15-33)46-40(51)38-23-35-12-3-4-19-49(35)47-38/h5-6,8,10-11,13,20-24,27-28,33-34,44H,3-4,7,9,12,14-19,25-26H2,1-2H3,(H,45,50)(H,46,51)/t27-,28?,33?,34?/m0/s1. The number of benzene rings is 2. The second kappa shape index (κ2) is 16.4. The molecule has 2 aromatic carbocycles. The van der Waals surface area contributed by atoms with Crippen molar-refractivity contribution in [3.05, 3.63) is 95.2 Å². The van der Waals surface area contributed by atoms with E-state index in [1.165, 1.54) is 11.6 Å². The summed E-state index contributed by atoms with van der Waals surface area (Å²) in [5.41, 5.74) is 4.97. The summed E-state index contributed by atoms with van der Waals surface area (Å²) in [6.07, 6.45) is 9.13. The van der Waals surface area contributed by atoms with Crippen molar-refractivity contribution in [3.8, 4) is 22.8 Å². The summed E-state index contributed by atoms with van der Waals surface area (Å²) in [4.78, 5) is 33.1. The second-order valence-electron chi connectivity index (χ2n) is 14.9. The highest BCUT2D eigenvalue weighted by molar-refractivity contribution is 5.96. The Morgan fingerprint density at radius 2 is 1.62 bits per heavy atom. The minimum atomic E-state index is -0.614. The van der Waals surface area contributed by atoms with Crippen molar-refractivity contribution < 1.29 is 18.7 Å². The van der Waals surface area contributed by atoms with Crippen molar-refractivity contribution in [2.24, 2.45) is 0 Å². The van der Waals surface area contributed by atoms with Crippen LogP contribution >= 0.6 is 0 Å². The minimum Gasteiger partial charge on any atom is -0.438 e. The molecule has 0 bridgehead atoms. The van der Waals surface area contributed by atoms with Gasteiger partial charge in [0.1, 0.15) is 22.8 Å². The number of halogens is 1. The number of hydrogen-bond donors (Lipinski definition) is 3. The molecule has 7 rings (SSSR count). The average Bonchev–Trinajstić information content (AvgIpc) is 3.58. The normalized spacial score (nSPS) is 22.0. The van der Waals surface area contributed by atoms with Gasteiger partial charge in [0, 0.05) is 49.5 Å². The number of amides is 2. The number of nitrogens with one attached hydrogen (secondary N) is 3. The van der Waals surface area contributed by atoms with E-state index in [-0.39, 0.29) is 29.4 Å². The fourth-order valence-corrected chi connectivity index (χ4v) is 7.99. The lowest BCUT2D eigenvalue weighted by Gasteiger charge is -2.36. The summed E-state index contributed by atoms with van der Waals surface area (Å²) >= 11 is 0. The van der Waals surface area contributed by atoms with Crippen molar-refractivity contribution in [1.29, 1.82) is 0 Å². The maximum absolute atomic E-state index is 14.4. The van der Waals surface area contributed by atoms with Crippen LogP contribution in [0.25, 0.3) is 11.1 Å². The molecule has 1 aliphatic carbocycles. The van der Waals surface area contributed by atoms with Crippen molar-refractivity contribution in [1.82, 2.24) is 35.6 Å². The molecule has 0 spiro atoms.